The molecule has 3 aliphatic heterocycles. The van der Waals surface area contributed by atoms with Crippen LogP contribution in [0.3, 0.4) is 0 Å². The van der Waals surface area contributed by atoms with Crippen LogP contribution in [0.15, 0.2) is 17.0 Å². The molecule has 0 aromatic heterocycles. The largest absolute Gasteiger partial charge is 0.316 e. The first-order valence-electron chi connectivity index (χ1n) is 8.38. The lowest BCUT2D eigenvalue weighted by Crippen LogP contribution is -2.54. The molecule has 0 spiro atoms. The molecule has 2 atom stereocenters. The summed E-state index contributed by atoms with van der Waals surface area (Å²) in [7, 11) is 0. The summed E-state index contributed by atoms with van der Waals surface area (Å²) in [5.74, 6) is -2.98. The van der Waals surface area contributed by atoms with Crippen LogP contribution >= 0.6 is 11.8 Å². The standard InChI is InChI=1S/C17H16FN3O4S/c18-11-5-9-10(6-13(11)26-8-3-4-19-7-8)17(25)21(16(9)24)12-1-2-14(22)20-15(12)23/h5-6,8,12,19H,1-4,7H2,(H,20,22,23). The van der Waals surface area contributed by atoms with E-state index in [1.54, 1.807) is 0 Å². The monoisotopic (exact) mass is 377 g/mol. The number of fused-ring (bicyclic) bond motifs is 1. The molecule has 1 aromatic rings. The van der Waals surface area contributed by atoms with Crippen LogP contribution < -0.4 is 10.6 Å². The Morgan fingerprint density at radius 3 is 2.46 bits per heavy atom. The first kappa shape index (κ1) is 17.2. The highest BCUT2D eigenvalue weighted by molar-refractivity contribution is 8.00. The predicted molar refractivity (Wildman–Crippen MR) is 90.2 cm³/mol. The zero-order valence-corrected chi connectivity index (χ0v) is 14.5. The third-order valence-electron chi connectivity index (χ3n) is 4.80. The smallest absolute Gasteiger partial charge is 0.262 e. The number of nitrogens with one attached hydrogen (secondary N) is 2. The Kier molecular flexibility index (Phi) is 4.28. The van der Waals surface area contributed by atoms with Crippen LogP contribution in [0.4, 0.5) is 4.39 Å². The van der Waals surface area contributed by atoms with Gasteiger partial charge in [0.05, 0.1) is 11.1 Å². The van der Waals surface area contributed by atoms with Crippen molar-refractivity contribution < 1.29 is 23.6 Å². The topological polar surface area (TPSA) is 95.6 Å². The minimum absolute atomic E-state index is 0.0360. The number of amides is 4. The van der Waals surface area contributed by atoms with Crippen LogP contribution in [0.25, 0.3) is 0 Å². The van der Waals surface area contributed by atoms with E-state index in [-0.39, 0.29) is 29.2 Å². The average molecular weight is 377 g/mol. The molecular weight excluding hydrogens is 361 g/mol. The molecule has 2 fully saturated rings. The molecule has 26 heavy (non-hydrogen) atoms. The van der Waals surface area contributed by atoms with E-state index < -0.39 is 35.5 Å². The van der Waals surface area contributed by atoms with Gasteiger partial charge in [0.15, 0.2) is 0 Å². The van der Waals surface area contributed by atoms with Crippen molar-refractivity contribution in [2.75, 3.05) is 13.1 Å². The normalized spacial score (nSPS) is 25.7. The van der Waals surface area contributed by atoms with E-state index >= 15 is 0 Å². The van der Waals surface area contributed by atoms with Gasteiger partial charge in [0.2, 0.25) is 11.8 Å². The number of hydrogen-bond donors (Lipinski definition) is 2. The Balaban J connectivity index is 1.63. The summed E-state index contributed by atoms with van der Waals surface area (Å²) in [4.78, 5) is 49.8. The molecule has 2 saturated heterocycles. The molecule has 7 nitrogen and oxygen atoms in total. The van der Waals surface area contributed by atoms with Gasteiger partial charge in [-0.3, -0.25) is 29.4 Å². The molecule has 3 aliphatic rings. The van der Waals surface area contributed by atoms with Gasteiger partial charge >= 0.3 is 0 Å². The molecule has 9 heteroatoms. The predicted octanol–water partition coefficient (Wildman–Crippen LogP) is 0.681. The number of nitrogens with zero attached hydrogens (tertiary/aromatic N) is 1. The first-order chi connectivity index (χ1) is 12.5. The van der Waals surface area contributed by atoms with Crippen LogP contribution in [0, 0.1) is 5.82 Å². The second-order valence-electron chi connectivity index (χ2n) is 6.51. The fraction of sp³-hybridized carbons (Fsp3) is 0.412. The second-order valence-corrected chi connectivity index (χ2v) is 7.85. The van der Waals surface area contributed by atoms with Crippen LogP contribution in [-0.4, -0.2) is 52.9 Å². The number of hydrogen-bond acceptors (Lipinski definition) is 6. The van der Waals surface area contributed by atoms with Gasteiger partial charge in [-0.2, -0.15) is 0 Å². The van der Waals surface area contributed by atoms with Gasteiger partial charge in [-0.25, -0.2) is 4.39 Å². The lowest BCUT2D eigenvalue weighted by molar-refractivity contribution is -0.136. The van der Waals surface area contributed by atoms with E-state index in [1.165, 1.54) is 17.8 Å². The zero-order chi connectivity index (χ0) is 18.4. The van der Waals surface area contributed by atoms with Gasteiger partial charge < -0.3 is 5.32 Å². The van der Waals surface area contributed by atoms with Crippen LogP contribution in [-0.2, 0) is 9.59 Å². The van der Waals surface area contributed by atoms with Crippen molar-refractivity contribution in [1.82, 2.24) is 15.5 Å². The molecule has 2 unspecified atom stereocenters. The summed E-state index contributed by atoms with van der Waals surface area (Å²) in [6.45, 7) is 1.63. The van der Waals surface area contributed by atoms with Crippen molar-refractivity contribution in [3.8, 4) is 0 Å². The van der Waals surface area contributed by atoms with Crippen LogP contribution in [0.5, 0.6) is 0 Å². The van der Waals surface area contributed by atoms with Gasteiger partial charge in [0.1, 0.15) is 11.9 Å². The van der Waals surface area contributed by atoms with Crippen LogP contribution in [0.1, 0.15) is 40.0 Å². The van der Waals surface area contributed by atoms with Crippen molar-refractivity contribution >= 4 is 35.4 Å². The summed E-state index contributed by atoms with van der Waals surface area (Å²) < 4.78 is 14.4. The summed E-state index contributed by atoms with van der Waals surface area (Å²) in [5, 5.41) is 5.54. The maximum absolute atomic E-state index is 14.4. The number of thioether (sulfide) groups is 1. The number of carbonyl (C=O) groups is 4. The van der Waals surface area contributed by atoms with Gasteiger partial charge in [-0.15, -0.1) is 11.8 Å². The van der Waals surface area contributed by atoms with Crippen LogP contribution in [0.2, 0.25) is 0 Å². The van der Waals surface area contributed by atoms with Gasteiger partial charge in [0.25, 0.3) is 11.8 Å². The van der Waals surface area contributed by atoms with Crippen molar-refractivity contribution in [2.24, 2.45) is 0 Å². The van der Waals surface area contributed by atoms with E-state index in [0.29, 0.717) is 4.90 Å². The number of halogens is 1. The van der Waals surface area contributed by atoms with Crippen molar-refractivity contribution in [1.29, 1.82) is 0 Å². The number of carbonyl (C=O) groups excluding carboxylic acids is 4. The highest BCUT2D eigenvalue weighted by Gasteiger charge is 2.45. The summed E-state index contributed by atoms with van der Waals surface area (Å²) in [5.41, 5.74) is 0.0700. The highest BCUT2D eigenvalue weighted by Crippen LogP contribution is 2.35. The fourth-order valence-corrected chi connectivity index (χ4v) is 4.62. The minimum atomic E-state index is -1.04. The molecule has 0 radical (unpaired) electrons. The summed E-state index contributed by atoms with van der Waals surface area (Å²) in [6.07, 6.45) is 1.03. The third-order valence-corrected chi connectivity index (χ3v) is 6.10. The van der Waals surface area contributed by atoms with E-state index in [4.69, 9.17) is 0 Å². The molecule has 1 aromatic carbocycles. The van der Waals surface area contributed by atoms with Crippen molar-refractivity contribution in [3.05, 3.63) is 29.1 Å². The molecule has 0 aliphatic carbocycles. The lowest BCUT2D eigenvalue weighted by atomic mass is 10.0. The van der Waals surface area contributed by atoms with E-state index in [9.17, 15) is 23.6 Å². The molecule has 4 rings (SSSR count). The van der Waals surface area contributed by atoms with Gasteiger partial charge in [-0.05, 0) is 31.5 Å². The molecule has 4 amide bonds. The number of rotatable bonds is 3. The molecule has 3 heterocycles. The Hall–Kier alpha value is -2.26. The average Bonchev–Trinajstić information content (AvgIpc) is 3.18. The Morgan fingerprint density at radius 1 is 1.08 bits per heavy atom. The van der Waals surface area contributed by atoms with E-state index in [1.807, 2.05) is 0 Å². The molecule has 0 bridgehead atoms. The molecular formula is C17H16FN3O4S. The second kappa shape index (κ2) is 6.48. The maximum atomic E-state index is 14.4. The number of piperidine rings is 1. The molecule has 0 saturated carbocycles. The van der Waals surface area contributed by atoms with Gasteiger partial charge in [0, 0.05) is 23.1 Å². The summed E-state index contributed by atoms with van der Waals surface area (Å²) >= 11 is 1.34. The highest BCUT2D eigenvalue weighted by atomic mass is 32.2. The maximum Gasteiger partial charge on any atom is 0.262 e. The lowest BCUT2D eigenvalue weighted by Gasteiger charge is -2.27. The summed E-state index contributed by atoms with van der Waals surface area (Å²) in [6, 6.07) is 1.43. The van der Waals surface area contributed by atoms with E-state index in [2.05, 4.69) is 10.6 Å². The Bertz CT molecular complexity index is 838. The molecule has 2 N–H and O–H groups in total. The number of benzene rings is 1. The van der Waals surface area contributed by atoms with Crippen molar-refractivity contribution in [3.63, 3.8) is 0 Å². The zero-order valence-electron chi connectivity index (χ0n) is 13.7. The first-order valence-corrected chi connectivity index (χ1v) is 9.26. The van der Waals surface area contributed by atoms with Gasteiger partial charge in [-0.1, -0.05) is 0 Å². The Morgan fingerprint density at radius 2 is 1.81 bits per heavy atom. The van der Waals surface area contributed by atoms with Crippen molar-refractivity contribution in [2.45, 2.75) is 35.4 Å². The third kappa shape index (κ3) is 2.80. The quantitative estimate of drug-likeness (QED) is 0.753. The minimum Gasteiger partial charge on any atom is -0.316 e. The fourth-order valence-electron chi connectivity index (χ4n) is 3.47. The van der Waals surface area contributed by atoms with E-state index in [0.717, 1.165) is 30.5 Å². The number of imide groups is 2. The SMILES string of the molecule is O=C1CCC(N2C(=O)c3cc(F)c(SC4CCNC4)cc3C2=O)C(=O)N1. The molecule has 136 valence electrons. The Labute approximate surface area is 152 Å².